The molecule has 0 spiro atoms. The third-order valence-corrected chi connectivity index (χ3v) is 1.91. The predicted molar refractivity (Wildman–Crippen MR) is 61.4 cm³/mol. The summed E-state index contributed by atoms with van der Waals surface area (Å²) >= 11 is 0. The average Bonchev–Trinajstić information content (AvgIpc) is 2.28. The first-order valence-corrected chi connectivity index (χ1v) is 4.92. The molecular formula is C12H16NO3+. The Morgan fingerprint density at radius 2 is 1.94 bits per heavy atom. The number of carbonyl (C=O) groups excluding carboxylic acids is 1. The van der Waals surface area contributed by atoms with Gasteiger partial charge < -0.3 is 9.47 Å². The van der Waals surface area contributed by atoms with E-state index in [1.165, 1.54) is 6.40 Å². The van der Waals surface area contributed by atoms with Gasteiger partial charge in [-0.3, -0.25) is 4.79 Å². The fraction of sp³-hybridized carbons (Fsp3) is 0.333. The zero-order valence-corrected chi connectivity index (χ0v) is 9.77. The molecular weight excluding hydrogens is 206 g/mol. The Morgan fingerprint density at radius 1 is 1.31 bits per heavy atom. The van der Waals surface area contributed by atoms with Gasteiger partial charge >= 0.3 is 6.40 Å². The smallest absolute Gasteiger partial charge is 0.323 e. The lowest BCUT2D eigenvalue weighted by Crippen LogP contribution is -2.11. The molecule has 0 saturated carbocycles. The highest BCUT2D eigenvalue weighted by Gasteiger charge is 2.06. The number of Topliss-reactive ketones (excluding diaryl/α,β-unsaturated/α-hetero) is 1. The minimum absolute atomic E-state index is 0.0461. The summed E-state index contributed by atoms with van der Waals surface area (Å²) in [6.07, 6.45) is 1.50. The Hall–Kier alpha value is -1.84. The van der Waals surface area contributed by atoms with E-state index in [1.54, 1.807) is 36.0 Å². The maximum Gasteiger partial charge on any atom is 0.323 e. The standard InChI is InChI=1S/C12H16NO3/c1-13(2)9-16-8-12(14)10-4-6-11(15-3)7-5-10/h4-7,9H,8H2,1-3H3/q+1. The summed E-state index contributed by atoms with van der Waals surface area (Å²) in [5.41, 5.74) is 0.618. The average molecular weight is 222 g/mol. The van der Waals surface area contributed by atoms with Gasteiger partial charge in [-0.05, 0) is 24.3 Å². The molecule has 16 heavy (non-hydrogen) atoms. The number of ether oxygens (including phenoxy) is 2. The molecule has 4 nitrogen and oxygen atoms in total. The summed E-state index contributed by atoms with van der Waals surface area (Å²) in [4.78, 5) is 11.6. The first-order chi connectivity index (χ1) is 7.63. The minimum atomic E-state index is -0.0549. The van der Waals surface area contributed by atoms with Crippen molar-refractivity contribution in [1.82, 2.24) is 0 Å². The summed E-state index contributed by atoms with van der Waals surface area (Å²) < 4.78 is 11.8. The third-order valence-electron chi connectivity index (χ3n) is 1.91. The second kappa shape index (κ2) is 5.90. The van der Waals surface area contributed by atoms with Crippen LogP contribution in [0.3, 0.4) is 0 Å². The van der Waals surface area contributed by atoms with Crippen molar-refractivity contribution in [2.24, 2.45) is 0 Å². The van der Waals surface area contributed by atoms with E-state index in [2.05, 4.69) is 0 Å². The zero-order valence-electron chi connectivity index (χ0n) is 9.77. The second-order valence-electron chi connectivity index (χ2n) is 3.53. The van der Waals surface area contributed by atoms with Gasteiger partial charge in [-0.25, -0.2) is 4.58 Å². The molecule has 0 amide bonds. The molecule has 0 bridgehead atoms. The van der Waals surface area contributed by atoms with Crippen molar-refractivity contribution in [2.75, 3.05) is 27.8 Å². The van der Waals surface area contributed by atoms with E-state index in [1.807, 2.05) is 14.1 Å². The molecule has 0 fully saturated rings. The highest BCUT2D eigenvalue weighted by Crippen LogP contribution is 2.11. The van der Waals surface area contributed by atoms with Gasteiger partial charge in [0, 0.05) is 5.56 Å². The number of carbonyl (C=O) groups is 1. The maximum atomic E-state index is 11.6. The predicted octanol–water partition coefficient (Wildman–Crippen LogP) is 1.19. The van der Waals surface area contributed by atoms with Gasteiger partial charge in [0.2, 0.25) is 0 Å². The lowest BCUT2D eigenvalue weighted by molar-refractivity contribution is -0.468. The van der Waals surface area contributed by atoms with Crippen LogP contribution in [-0.4, -0.2) is 44.6 Å². The lowest BCUT2D eigenvalue weighted by Gasteiger charge is -2.02. The number of nitrogens with zero attached hydrogens (tertiary/aromatic N) is 1. The number of hydrogen-bond donors (Lipinski definition) is 0. The highest BCUT2D eigenvalue weighted by atomic mass is 16.5. The van der Waals surface area contributed by atoms with E-state index in [-0.39, 0.29) is 12.4 Å². The molecule has 0 unspecified atom stereocenters. The van der Waals surface area contributed by atoms with E-state index in [0.717, 1.165) is 5.75 Å². The number of ketones is 1. The van der Waals surface area contributed by atoms with Crippen molar-refractivity contribution in [1.29, 1.82) is 0 Å². The molecule has 0 aliphatic heterocycles. The largest absolute Gasteiger partial charge is 0.497 e. The molecule has 1 aromatic rings. The number of benzene rings is 1. The molecule has 1 aromatic carbocycles. The highest BCUT2D eigenvalue weighted by molar-refractivity contribution is 5.97. The first-order valence-electron chi connectivity index (χ1n) is 4.92. The molecule has 86 valence electrons. The van der Waals surface area contributed by atoms with Gasteiger partial charge in [-0.1, -0.05) is 0 Å². The normalized spacial score (nSPS) is 9.44. The minimum Gasteiger partial charge on any atom is -0.497 e. The van der Waals surface area contributed by atoms with Gasteiger partial charge in [0.05, 0.1) is 7.11 Å². The van der Waals surface area contributed by atoms with E-state index < -0.39 is 0 Å². The molecule has 0 aromatic heterocycles. The molecule has 0 radical (unpaired) electrons. The topological polar surface area (TPSA) is 38.5 Å². The number of rotatable bonds is 5. The van der Waals surface area contributed by atoms with Crippen molar-refractivity contribution in [2.45, 2.75) is 0 Å². The van der Waals surface area contributed by atoms with Crippen LogP contribution in [-0.2, 0) is 4.74 Å². The van der Waals surface area contributed by atoms with Crippen LogP contribution < -0.4 is 4.74 Å². The summed E-state index contributed by atoms with van der Waals surface area (Å²) in [7, 11) is 5.25. The van der Waals surface area contributed by atoms with Gasteiger partial charge in [0.25, 0.3) is 0 Å². The molecule has 0 heterocycles. The van der Waals surface area contributed by atoms with E-state index in [0.29, 0.717) is 5.56 Å². The van der Waals surface area contributed by atoms with Crippen LogP contribution in [0.4, 0.5) is 0 Å². The van der Waals surface area contributed by atoms with Crippen molar-refractivity contribution in [3.8, 4) is 5.75 Å². The van der Waals surface area contributed by atoms with E-state index in [9.17, 15) is 4.79 Å². The summed E-state index contributed by atoms with van der Waals surface area (Å²) in [5, 5.41) is 0. The molecule has 0 saturated heterocycles. The fourth-order valence-electron chi connectivity index (χ4n) is 1.12. The summed E-state index contributed by atoms with van der Waals surface area (Å²) in [5.74, 6) is 0.679. The van der Waals surface area contributed by atoms with Crippen molar-refractivity contribution in [3.63, 3.8) is 0 Å². The Bertz CT molecular complexity index is 378. The van der Waals surface area contributed by atoms with Crippen LogP contribution in [0, 0.1) is 0 Å². The van der Waals surface area contributed by atoms with Crippen molar-refractivity contribution < 1.29 is 18.8 Å². The van der Waals surface area contributed by atoms with Crippen LogP contribution >= 0.6 is 0 Å². The van der Waals surface area contributed by atoms with Crippen LogP contribution in [0.2, 0.25) is 0 Å². The fourth-order valence-corrected chi connectivity index (χ4v) is 1.12. The van der Waals surface area contributed by atoms with Crippen LogP contribution in [0.15, 0.2) is 24.3 Å². The molecule has 0 N–H and O–H groups in total. The second-order valence-corrected chi connectivity index (χ2v) is 3.53. The third kappa shape index (κ3) is 3.73. The Kier molecular flexibility index (Phi) is 4.51. The van der Waals surface area contributed by atoms with Gasteiger partial charge in [-0.2, -0.15) is 0 Å². The van der Waals surface area contributed by atoms with Gasteiger partial charge in [0.1, 0.15) is 19.8 Å². The quantitative estimate of drug-likeness (QED) is 0.325. The Labute approximate surface area is 95.1 Å². The van der Waals surface area contributed by atoms with Gasteiger partial charge in [0.15, 0.2) is 12.4 Å². The molecule has 4 heteroatoms. The first kappa shape index (κ1) is 12.2. The van der Waals surface area contributed by atoms with E-state index >= 15 is 0 Å². The van der Waals surface area contributed by atoms with Crippen LogP contribution in [0.5, 0.6) is 5.75 Å². The van der Waals surface area contributed by atoms with E-state index in [4.69, 9.17) is 9.47 Å². The molecule has 0 aliphatic carbocycles. The van der Waals surface area contributed by atoms with Crippen molar-refractivity contribution in [3.05, 3.63) is 29.8 Å². The monoisotopic (exact) mass is 222 g/mol. The van der Waals surface area contributed by atoms with Gasteiger partial charge in [-0.15, -0.1) is 0 Å². The zero-order chi connectivity index (χ0) is 12.0. The Balaban J connectivity index is 2.56. The molecule has 0 aliphatic rings. The summed E-state index contributed by atoms with van der Waals surface area (Å²) in [6.45, 7) is 0.0461. The van der Waals surface area contributed by atoms with Crippen LogP contribution in [0.1, 0.15) is 10.4 Å². The summed E-state index contributed by atoms with van der Waals surface area (Å²) in [6, 6.07) is 6.95. The lowest BCUT2D eigenvalue weighted by atomic mass is 10.1. The Morgan fingerprint density at radius 3 is 2.44 bits per heavy atom. The maximum absolute atomic E-state index is 11.6. The molecule has 0 atom stereocenters. The SMILES string of the molecule is COc1ccc(C(=O)COC=[N+](C)C)cc1. The number of methoxy groups -OCH3 is 1. The van der Waals surface area contributed by atoms with Crippen LogP contribution in [0.25, 0.3) is 0 Å². The van der Waals surface area contributed by atoms with Crippen molar-refractivity contribution >= 4 is 12.2 Å². The number of hydrogen-bond acceptors (Lipinski definition) is 3. The molecule has 1 rings (SSSR count).